The zero-order valence-corrected chi connectivity index (χ0v) is 17.7. The summed E-state index contributed by atoms with van der Waals surface area (Å²) < 4.78 is 43.1. The number of nitrogens with one attached hydrogen (secondary N) is 1. The molecular weight excluding hydrogens is 425 g/mol. The highest BCUT2D eigenvalue weighted by Crippen LogP contribution is 2.23. The lowest BCUT2D eigenvalue weighted by atomic mass is 10.1. The number of halogens is 3. The molecule has 0 aromatic heterocycles. The van der Waals surface area contributed by atoms with Crippen LogP contribution in [0.25, 0.3) is 0 Å². The fourth-order valence-electron chi connectivity index (χ4n) is 2.84. The number of ether oxygens (including phenoxy) is 1. The van der Waals surface area contributed by atoms with Crippen molar-refractivity contribution in [2.45, 2.75) is 25.9 Å². The molecule has 8 N–H and O–H groups in total. The van der Waals surface area contributed by atoms with Crippen LogP contribution in [0.15, 0.2) is 59.9 Å². The number of aryl methyl sites for hydroxylation is 1. The van der Waals surface area contributed by atoms with Crippen LogP contribution in [-0.4, -0.2) is 31.1 Å². The minimum absolute atomic E-state index is 0.0206. The Balaban J connectivity index is 2.17. The van der Waals surface area contributed by atoms with Gasteiger partial charge in [-0.25, -0.2) is 4.79 Å². The molecule has 2 aromatic rings. The van der Waals surface area contributed by atoms with Gasteiger partial charge in [0.1, 0.15) is 12.2 Å². The standard InChI is InChI=1S/C22H25F3N4O3/c1-14(19(26)20(27)30)29-17-10-9-16(21(31)28-13-22(23,24)25)12-18(17)32-11-5-8-15-6-3-2-4-7-15/h2-4,6-7,9-10,12,29H,5,8,11,13,26H2,1H3,(H2,27,30)(H,28,31)/p+2/b19-14-. The van der Waals surface area contributed by atoms with Gasteiger partial charge in [0.25, 0.3) is 5.91 Å². The summed E-state index contributed by atoms with van der Waals surface area (Å²) in [4.78, 5) is 23.5. The fourth-order valence-corrected chi connectivity index (χ4v) is 2.84. The van der Waals surface area contributed by atoms with E-state index in [1.807, 2.05) is 35.6 Å². The number of allylic oxidation sites excluding steroid dienone is 1. The summed E-state index contributed by atoms with van der Waals surface area (Å²) >= 11 is 0. The second-order valence-corrected chi connectivity index (χ2v) is 7.15. The molecule has 172 valence electrons. The number of carbonyl (C=O) groups excluding carboxylic acids is 2. The van der Waals surface area contributed by atoms with Crippen LogP contribution in [0, 0.1) is 0 Å². The Morgan fingerprint density at radius 2 is 1.84 bits per heavy atom. The Bertz CT molecular complexity index is 976. The van der Waals surface area contributed by atoms with Gasteiger partial charge in [-0.3, -0.25) is 15.8 Å². The molecule has 0 aliphatic rings. The molecular formula is C22H27F3N4O3+2. The number of quaternary nitrogens is 2. The third-order valence-electron chi connectivity index (χ3n) is 4.53. The minimum atomic E-state index is -4.51. The number of amides is 2. The summed E-state index contributed by atoms with van der Waals surface area (Å²) in [5.74, 6) is -1.11. The van der Waals surface area contributed by atoms with Crippen molar-refractivity contribution in [1.29, 1.82) is 0 Å². The molecule has 10 heteroatoms. The summed E-state index contributed by atoms with van der Waals surface area (Å²) in [6.45, 7) is 0.508. The van der Waals surface area contributed by atoms with Crippen LogP contribution in [0.3, 0.4) is 0 Å². The van der Waals surface area contributed by atoms with Gasteiger partial charge in [0, 0.05) is 18.6 Å². The number of rotatable bonds is 10. The Morgan fingerprint density at radius 3 is 2.47 bits per heavy atom. The maximum atomic E-state index is 12.4. The summed E-state index contributed by atoms with van der Waals surface area (Å²) in [7, 11) is 0. The largest absolute Gasteiger partial charge is 0.487 e. The second kappa shape index (κ2) is 11.3. The number of benzene rings is 2. The zero-order chi connectivity index (χ0) is 23.7. The van der Waals surface area contributed by atoms with Crippen molar-refractivity contribution in [3.05, 3.63) is 71.1 Å². The lowest BCUT2D eigenvalue weighted by molar-refractivity contribution is -0.519. The van der Waals surface area contributed by atoms with E-state index < -0.39 is 24.5 Å². The normalized spacial score (nSPS) is 12.2. The number of nitrogens with two attached hydrogens (primary N) is 2. The molecule has 0 radical (unpaired) electrons. The van der Waals surface area contributed by atoms with E-state index in [0.29, 0.717) is 30.2 Å². The number of hydrogen-bond donors (Lipinski definition) is 4. The summed E-state index contributed by atoms with van der Waals surface area (Å²) in [5, 5.41) is 3.44. The van der Waals surface area contributed by atoms with Crippen LogP contribution in [0.5, 0.6) is 5.75 Å². The number of alkyl halides is 3. The number of carbonyl (C=O) groups is 2. The van der Waals surface area contributed by atoms with Crippen LogP contribution in [-0.2, 0) is 11.2 Å². The Morgan fingerprint density at radius 1 is 1.16 bits per heavy atom. The van der Waals surface area contributed by atoms with Crippen LogP contribution in [0.1, 0.15) is 29.3 Å². The van der Waals surface area contributed by atoms with Gasteiger partial charge in [0.05, 0.1) is 6.61 Å². The minimum Gasteiger partial charge on any atom is -0.487 e. The van der Waals surface area contributed by atoms with Crippen molar-refractivity contribution in [3.63, 3.8) is 0 Å². The van der Waals surface area contributed by atoms with Crippen molar-refractivity contribution in [2.24, 2.45) is 5.73 Å². The van der Waals surface area contributed by atoms with E-state index >= 15 is 0 Å². The molecule has 0 unspecified atom stereocenters. The third kappa shape index (κ3) is 8.05. The smallest absolute Gasteiger partial charge is 0.405 e. The number of hydrogen-bond acceptors (Lipinski definition) is 4. The maximum absolute atomic E-state index is 12.4. The fraction of sp³-hybridized carbons (Fsp3) is 0.273. The Hall–Kier alpha value is -3.37. The first-order valence-electron chi connectivity index (χ1n) is 9.90. The predicted molar refractivity (Wildman–Crippen MR) is 111 cm³/mol. The van der Waals surface area contributed by atoms with Crippen LogP contribution in [0.4, 0.5) is 18.9 Å². The van der Waals surface area contributed by atoms with Crippen LogP contribution in [0.2, 0.25) is 0 Å². The van der Waals surface area contributed by atoms with Crippen molar-refractivity contribution < 1.29 is 38.5 Å². The highest BCUT2D eigenvalue weighted by molar-refractivity contribution is 5.95. The molecule has 0 fully saturated rings. The summed E-state index contributed by atoms with van der Waals surface area (Å²) in [6.07, 6.45) is -3.06. The van der Waals surface area contributed by atoms with Crippen LogP contribution < -0.4 is 26.8 Å². The highest BCUT2D eigenvalue weighted by atomic mass is 19.4. The van der Waals surface area contributed by atoms with Crippen LogP contribution >= 0.6 is 0 Å². The molecule has 0 spiro atoms. The molecule has 7 nitrogen and oxygen atoms in total. The quantitative estimate of drug-likeness (QED) is 0.245. The average Bonchev–Trinajstić information content (AvgIpc) is 2.75. The van der Waals surface area contributed by atoms with Crippen molar-refractivity contribution >= 4 is 17.5 Å². The first kappa shape index (κ1) is 24.9. The molecule has 0 aliphatic carbocycles. The highest BCUT2D eigenvalue weighted by Gasteiger charge is 2.28. The summed E-state index contributed by atoms with van der Waals surface area (Å²) in [5.41, 5.74) is 11.1. The van der Waals surface area contributed by atoms with Crippen molar-refractivity contribution in [1.82, 2.24) is 5.32 Å². The van der Waals surface area contributed by atoms with Gasteiger partial charge in [0.15, 0.2) is 17.1 Å². The van der Waals surface area contributed by atoms with E-state index in [1.165, 1.54) is 18.2 Å². The molecule has 0 heterocycles. The third-order valence-corrected chi connectivity index (χ3v) is 4.53. The van der Waals surface area contributed by atoms with Crippen molar-refractivity contribution in [3.8, 4) is 5.75 Å². The van der Waals surface area contributed by atoms with E-state index in [9.17, 15) is 22.8 Å². The SMILES string of the molecule is C/C([NH2+]c1ccc(C(=O)NCC(F)(F)F)cc1OCCCc1ccccc1)=C(/N)C([NH3+])=O. The van der Waals surface area contributed by atoms with E-state index in [0.717, 1.165) is 12.0 Å². The molecule has 0 aliphatic heterocycles. The lowest BCUT2D eigenvalue weighted by Gasteiger charge is -2.13. The molecule has 2 rings (SSSR count). The zero-order valence-electron chi connectivity index (χ0n) is 17.7. The Labute approximate surface area is 183 Å². The maximum Gasteiger partial charge on any atom is 0.405 e. The molecule has 0 saturated heterocycles. The molecule has 2 amide bonds. The topological polar surface area (TPSA) is 126 Å². The molecule has 0 atom stereocenters. The van der Waals surface area contributed by atoms with Crippen molar-refractivity contribution in [2.75, 3.05) is 13.2 Å². The first-order valence-corrected chi connectivity index (χ1v) is 9.90. The lowest BCUT2D eigenvalue weighted by Crippen LogP contribution is -2.77. The summed E-state index contributed by atoms with van der Waals surface area (Å²) in [6, 6.07) is 14.1. The molecule has 2 aromatic carbocycles. The predicted octanol–water partition coefficient (Wildman–Crippen LogP) is 1.14. The average molecular weight is 452 g/mol. The van der Waals surface area contributed by atoms with Gasteiger partial charge in [-0.15, -0.1) is 0 Å². The van der Waals surface area contributed by atoms with Gasteiger partial charge in [0.2, 0.25) is 0 Å². The van der Waals surface area contributed by atoms with Gasteiger partial charge in [-0.2, -0.15) is 13.2 Å². The monoisotopic (exact) mass is 452 g/mol. The van der Waals surface area contributed by atoms with Gasteiger partial charge < -0.3 is 15.8 Å². The van der Waals surface area contributed by atoms with E-state index in [-0.39, 0.29) is 11.3 Å². The van der Waals surface area contributed by atoms with Gasteiger partial charge in [-0.05, 0) is 30.5 Å². The second-order valence-electron chi connectivity index (χ2n) is 7.15. The van der Waals surface area contributed by atoms with E-state index in [2.05, 4.69) is 5.73 Å². The van der Waals surface area contributed by atoms with E-state index in [1.54, 1.807) is 12.2 Å². The van der Waals surface area contributed by atoms with Gasteiger partial charge >= 0.3 is 12.1 Å². The molecule has 32 heavy (non-hydrogen) atoms. The Kier molecular flexibility index (Phi) is 8.80. The first-order chi connectivity index (χ1) is 15.1. The van der Waals surface area contributed by atoms with Gasteiger partial charge in [-0.1, -0.05) is 30.3 Å². The molecule has 0 saturated carbocycles. The van der Waals surface area contributed by atoms with E-state index in [4.69, 9.17) is 10.5 Å². The molecule has 0 bridgehead atoms.